The summed E-state index contributed by atoms with van der Waals surface area (Å²) < 4.78 is 11.7. The standard InChI is InChI=1S/C29H27NO5S/c1-16-25(29(33)35-18-7-2-3-8-18)26(20-15-34-23-10-5-4-9-19(23)28(20)32)27-21(30-16)13-17(14-22(27)31)24-11-6-12-36-24/h4-6,9-12,15,17-18,26,30H,2-3,7-8,13-14H2,1H3/t17-,26+/m1/s1. The number of ketones is 1. The summed E-state index contributed by atoms with van der Waals surface area (Å²) in [6, 6.07) is 11.1. The van der Waals surface area contributed by atoms with Crippen LogP contribution in [0.5, 0.6) is 0 Å². The summed E-state index contributed by atoms with van der Waals surface area (Å²) in [4.78, 5) is 42.1. The van der Waals surface area contributed by atoms with Crippen LogP contribution in [0.1, 0.15) is 67.7 Å². The molecule has 3 aliphatic rings. The van der Waals surface area contributed by atoms with Crippen molar-refractivity contribution in [2.24, 2.45) is 0 Å². The Morgan fingerprint density at radius 1 is 1.08 bits per heavy atom. The van der Waals surface area contributed by atoms with Gasteiger partial charge in [0.2, 0.25) is 0 Å². The molecular formula is C29H27NO5S. The predicted octanol–water partition coefficient (Wildman–Crippen LogP) is 5.70. The normalized spacial score (nSPS) is 22.6. The maximum atomic E-state index is 13.7. The van der Waals surface area contributed by atoms with Crippen LogP contribution in [-0.4, -0.2) is 17.9 Å². The second kappa shape index (κ2) is 9.21. The van der Waals surface area contributed by atoms with Gasteiger partial charge in [-0.2, -0.15) is 0 Å². The second-order valence-electron chi connectivity index (χ2n) is 9.86. The highest BCUT2D eigenvalue weighted by Gasteiger charge is 2.43. The highest BCUT2D eigenvalue weighted by Crippen LogP contribution is 2.46. The lowest BCUT2D eigenvalue weighted by atomic mass is 9.73. The van der Waals surface area contributed by atoms with E-state index in [1.54, 1.807) is 35.6 Å². The third-order valence-electron chi connectivity index (χ3n) is 7.59. The molecule has 0 radical (unpaired) electrons. The number of rotatable bonds is 4. The quantitative estimate of drug-likeness (QED) is 0.462. The summed E-state index contributed by atoms with van der Waals surface area (Å²) in [6.07, 6.45) is 5.99. The molecule has 0 spiro atoms. The van der Waals surface area contributed by atoms with E-state index < -0.39 is 11.9 Å². The first-order chi connectivity index (χ1) is 17.5. The van der Waals surface area contributed by atoms with Gasteiger partial charge in [0.05, 0.1) is 23.1 Å². The number of allylic oxidation sites excluding steroid dienone is 3. The number of para-hydroxylation sites is 1. The van der Waals surface area contributed by atoms with E-state index in [1.807, 2.05) is 18.4 Å². The van der Waals surface area contributed by atoms with Gasteiger partial charge in [-0.05, 0) is 62.6 Å². The molecule has 3 aromatic rings. The maximum absolute atomic E-state index is 13.7. The molecule has 2 aromatic heterocycles. The molecule has 0 unspecified atom stereocenters. The maximum Gasteiger partial charge on any atom is 0.337 e. The van der Waals surface area contributed by atoms with Crippen LogP contribution in [0.25, 0.3) is 11.0 Å². The van der Waals surface area contributed by atoms with Gasteiger partial charge >= 0.3 is 5.97 Å². The fourth-order valence-corrected chi connectivity index (χ4v) is 6.69. The van der Waals surface area contributed by atoms with Crippen LogP contribution in [-0.2, 0) is 14.3 Å². The summed E-state index contributed by atoms with van der Waals surface area (Å²) in [5.74, 6) is -1.28. The molecule has 0 saturated heterocycles. The lowest BCUT2D eigenvalue weighted by molar-refractivity contribution is -0.144. The highest BCUT2D eigenvalue weighted by atomic mass is 32.1. The molecule has 2 atom stereocenters. The van der Waals surface area contributed by atoms with E-state index in [-0.39, 0.29) is 23.2 Å². The Balaban J connectivity index is 1.48. The molecule has 1 saturated carbocycles. The molecule has 1 fully saturated rings. The number of hydrogen-bond donors (Lipinski definition) is 1. The molecular weight excluding hydrogens is 474 g/mol. The number of nitrogens with one attached hydrogen (secondary N) is 1. The van der Waals surface area contributed by atoms with Crippen LogP contribution in [0.2, 0.25) is 0 Å². The fraction of sp³-hybridized carbons (Fsp3) is 0.345. The van der Waals surface area contributed by atoms with E-state index in [1.165, 1.54) is 6.26 Å². The molecule has 6 rings (SSSR count). The molecule has 7 heteroatoms. The Hall–Kier alpha value is -3.45. The van der Waals surface area contributed by atoms with Crippen LogP contribution in [0.4, 0.5) is 0 Å². The number of Topliss-reactive ketones (excluding diaryl/α,β-unsaturated/α-hetero) is 1. The third kappa shape index (κ3) is 3.91. The third-order valence-corrected chi connectivity index (χ3v) is 8.62. The lowest BCUT2D eigenvalue weighted by Gasteiger charge is -2.36. The van der Waals surface area contributed by atoms with Crippen molar-refractivity contribution in [2.75, 3.05) is 0 Å². The summed E-state index contributed by atoms with van der Waals surface area (Å²) in [7, 11) is 0. The Labute approximate surface area is 212 Å². The van der Waals surface area contributed by atoms with Crippen LogP contribution in [0.3, 0.4) is 0 Å². The number of thiophene rings is 1. The molecule has 1 N–H and O–H groups in total. The van der Waals surface area contributed by atoms with Crippen molar-refractivity contribution in [3.05, 3.63) is 91.2 Å². The molecule has 36 heavy (non-hydrogen) atoms. The number of carbonyl (C=O) groups is 2. The van der Waals surface area contributed by atoms with Crippen molar-refractivity contribution in [3.8, 4) is 0 Å². The summed E-state index contributed by atoms with van der Waals surface area (Å²) in [6.45, 7) is 1.82. The number of esters is 1. The van der Waals surface area contributed by atoms with E-state index in [4.69, 9.17) is 9.15 Å². The molecule has 1 aliphatic heterocycles. The molecule has 3 heterocycles. The minimum atomic E-state index is -0.826. The van der Waals surface area contributed by atoms with E-state index in [9.17, 15) is 14.4 Å². The zero-order chi connectivity index (χ0) is 24.8. The predicted molar refractivity (Wildman–Crippen MR) is 138 cm³/mol. The SMILES string of the molecule is CC1=C(C(=O)OC2CCCC2)[C@H](c2coc3ccccc3c2=O)C2=C(C[C@@H](c3cccs3)CC2=O)N1. The van der Waals surface area contributed by atoms with E-state index in [2.05, 4.69) is 11.4 Å². The van der Waals surface area contributed by atoms with Crippen molar-refractivity contribution < 1.29 is 18.7 Å². The summed E-state index contributed by atoms with van der Waals surface area (Å²) in [5.41, 5.74) is 2.73. The van der Waals surface area contributed by atoms with Crippen LogP contribution < -0.4 is 10.7 Å². The monoisotopic (exact) mass is 501 g/mol. The Morgan fingerprint density at radius 3 is 2.67 bits per heavy atom. The van der Waals surface area contributed by atoms with E-state index in [0.29, 0.717) is 46.2 Å². The first kappa shape index (κ1) is 23.0. The zero-order valence-electron chi connectivity index (χ0n) is 20.0. The van der Waals surface area contributed by atoms with Crippen molar-refractivity contribution in [1.82, 2.24) is 5.32 Å². The van der Waals surface area contributed by atoms with Gasteiger partial charge < -0.3 is 14.5 Å². The van der Waals surface area contributed by atoms with Crippen molar-refractivity contribution >= 4 is 34.1 Å². The first-order valence-corrected chi connectivity index (χ1v) is 13.4. The van der Waals surface area contributed by atoms with Gasteiger partial charge in [-0.1, -0.05) is 18.2 Å². The number of hydrogen-bond acceptors (Lipinski definition) is 7. The van der Waals surface area contributed by atoms with E-state index in [0.717, 1.165) is 36.3 Å². The van der Waals surface area contributed by atoms with Gasteiger partial charge in [0.15, 0.2) is 11.2 Å². The highest BCUT2D eigenvalue weighted by molar-refractivity contribution is 7.10. The smallest absolute Gasteiger partial charge is 0.337 e. The molecule has 184 valence electrons. The zero-order valence-corrected chi connectivity index (χ0v) is 20.9. The molecule has 1 aromatic carbocycles. The Bertz CT molecular complexity index is 1470. The number of carbonyl (C=O) groups excluding carboxylic acids is 2. The van der Waals surface area contributed by atoms with E-state index >= 15 is 0 Å². The van der Waals surface area contributed by atoms with Gasteiger partial charge in [-0.3, -0.25) is 9.59 Å². The second-order valence-corrected chi connectivity index (χ2v) is 10.8. The summed E-state index contributed by atoms with van der Waals surface area (Å²) in [5, 5.41) is 5.81. The van der Waals surface area contributed by atoms with Gasteiger partial charge in [-0.15, -0.1) is 11.3 Å². The van der Waals surface area contributed by atoms with Crippen molar-refractivity contribution in [1.29, 1.82) is 0 Å². The number of dihydropyridines is 1. The minimum Gasteiger partial charge on any atom is -0.464 e. The van der Waals surface area contributed by atoms with Crippen molar-refractivity contribution in [2.45, 2.75) is 63.4 Å². The lowest BCUT2D eigenvalue weighted by Crippen LogP contribution is -2.38. The number of benzene rings is 1. The first-order valence-electron chi connectivity index (χ1n) is 12.5. The average molecular weight is 502 g/mol. The Kier molecular flexibility index (Phi) is 5.88. The van der Waals surface area contributed by atoms with Gasteiger partial charge in [-0.25, -0.2) is 4.79 Å². The Morgan fingerprint density at radius 2 is 1.89 bits per heavy atom. The van der Waals surface area contributed by atoms with Crippen LogP contribution in [0, 0.1) is 0 Å². The number of fused-ring (bicyclic) bond motifs is 1. The molecule has 0 bridgehead atoms. The largest absolute Gasteiger partial charge is 0.464 e. The average Bonchev–Trinajstić information content (AvgIpc) is 3.58. The molecule has 2 aliphatic carbocycles. The number of ether oxygens (including phenoxy) is 1. The summed E-state index contributed by atoms with van der Waals surface area (Å²) >= 11 is 1.64. The molecule has 6 nitrogen and oxygen atoms in total. The van der Waals surface area contributed by atoms with Crippen LogP contribution in [0.15, 0.2) is 79.8 Å². The van der Waals surface area contributed by atoms with Crippen molar-refractivity contribution in [3.63, 3.8) is 0 Å². The molecule has 0 amide bonds. The van der Waals surface area contributed by atoms with Gasteiger partial charge in [0.1, 0.15) is 11.7 Å². The minimum absolute atomic E-state index is 0.0571. The fourth-order valence-electron chi connectivity index (χ4n) is 5.86. The van der Waals surface area contributed by atoms with Crippen LogP contribution >= 0.6 is 11.3 Å². The topological polar surface area (TPSA) is 85.6 Å². The van der Waals surface area contributed by atoms with Gasteiger partial charge in [0.25, 0.3) is 0 Å². The van der Waals surface area contributed by atoms with Gasteiger partial charge in [0, 0.05) is 39.7 Å².